The maximum Gasteiger partial charge on any atom is 0.160 e. The van der Waals surface area contributed by atoms with Crippen molar-refractivity contribution in [1.29, 1.82) is 0 Å². The molecule has 5 heteroatoms. The lowest BCUT2D eigenvalue weighted by Gasteiger charge is -2.27. The van der Waals surface area contributed by atoms with Crippen LogP contribution in [0.25, 0.3) is 0 Å². The average Bonchev–Trinajstić information content (AvgIpc) is 2.42. The largest absolute Gasteiger partial charge is 0.504 e. The molecule has 1 fully saturated rings. The molecule has 1 atom stereocenters. The van der Waals surface area contributed by atoms with E-state index in [2.05, 4.69) is 17.3 Å². The zero-order chi connectivity index (χ0) is 13.7. The molecule has 0 bridgehead atoms. The fourth-order valence-electron chi connectivity index (χ4n) is 2.72. The van der Waals surface area contributed by atoms with Gasteiger partial charge in [0.25, 0.3) is 0 Å². The van der Waals surface area contributed by atoms with E-state index < -0.39 is 0 Å². The molecule has 1 aromatic rings. The summed E-state index contributed by atoms with van der Waals surface area (Å²) in [6.07, 6.45) is 2.60. The van der Waals surface area contributed by atoms with Gasteiger partial charge in [-0.05, 0) is 56.6 Å². The quantitative estimate of drug-likeness (QED) is 0.875. The molecule has 0 aromatic heterocycles. The molecule has 20 heavy (non-hydrogen) atoms. The van der Waals surface area contributed by atoms with Crippen LogP contribution < -0.4 is 10.1 Å². The molecule has 0 spiro atoms. The summed E-state index contributed by atoms with van der Waals surface area (Å²) >= 11 is 0. The van der Waals surface area contributed by atoms with Crippen molar-refractivity contribution in [2.75, 3.05) is 33.8 Å². The number of phenolic OH excluding ortho intramolecular Hbond substituents is 1. The summed E-state index contributed by atoms with van der Waals surface area (Å²) in [7, 11) is 3.73. The van der Waals surface area contributed by atoms with Gasteiger partial charge in [0.1, 0.15) is 0 Å². The minimum absolute atomic E-state index is 0. The van der Waals surface area contributed by atoms with Crippen LogP contribution in [0.1, 0.15) is 18.4 Å². The van der Waals surface area contributed by atoms with Crippen LogP contribution in [0.2, 0.25) is 0 Å². The molecular weight excluding hydrogens is 276 g/mol. The van der Waals surface area contributed by atoms with Gasteiger partial charge in [0, 0.05) is 13.1 Å². The van der Waals surface area contributed by atoms with Gasteiger partial charge in [-0.3, -0.25) is 0 Å². The number of aromatic hydroxyl groups is 1. The van der Waals surface area contributed by atoms with Crippen molar-refractivity contribution < 1.29 is 9.84 Å². The smallest absolute Gasteiger partial charge is 0.160 e. The Kier molecular flexibility index (Phi) is 7.13. The minimum atomic E-state index is 0. The van der Waals surface area contributed by atoms with E-state index in [0.717, 1.165) is 32.1 Å². The second-order valence-corrected chi connectivity index (χ2v) is 5.42. The van der Waals surface area contributed by atoms with E-state index in [1.165, 1.54) is 18.4 Å². The molecule has 1 aromatic carbocycles. The third-order valence-corrected chi connectivity index (χ3v) is 3.67. The zero-order valence-corrected chi connectivity index (χ0v) is 13.1. The van der Waals surface area contributed by atoms with Gasteiger partial charge in [0.05, 0.1) is 7.11 Å². The van der Waals surface area contributed by atoms with Gasteiger partial charge in [-0.1, -0.05) is 6.07 Å². The van der Waals surface area contributed by atoms with Gasteiger partial charge in [0.15, 0.2) is 11.5 Å². The number of rotatable bonds is 5. The predicted molar refractivity (Wildman–Crippen MR) is 83.8 cm³/mol. The van der Waals surface area contributed by atoms with Gasteiger partial charge in [0.2, 0.25) is 0 Å². The van der Waals surface area contributed by atoms with Gasteiger partial charge in [-0.15, -0.1) is 12.4 Å². The highest BCUT2D eigenvalue weighted by molar-refractivity contribution is 5.85. The Hall–Kier alpha value is -0.970. The third-order valence-electron chi connectivity index (χ3n) is 3.67. The number of hydrogen-bond acceptors (Lipinski definition) is 4. The maximum atomic E-state index is 9.58. The Labute approximate surface area is 127 Å². The fraction of sp³-hybridized carbons (Fsp3) is 0.600. The number of ether oxygens (including phenoxy) is 1. The second-order valence-electron chi connectivity index (χ2n) is 5.42. The van der Waals surface area contributed by atoms with Crippen LogP contribution in [0.15, 0.2) is 18.2 Å². The van der Waals surface area contributed by atoms with Crippen LogP contribution in [0.5, 0.6) is 11.5 Å². The molecule has 1 aliphatic heterocycles. The van der Waals surface area contributed by atoms with Crippen molar-refractivity contribution in [3.63, 3.8) is 0 Å². The van der Waals surface area contributed by atoms with Crippen LogP contribution in [-0.4, -0.2) is 43.8 Å². The Morgan fingerprint density at radius 2 is 2.25 bits per heavy atom. The summed E-state index contributed by atoms with van der Waals surface area (Å²) in [5.74, 6) is 1.49. The summed E-state index contributed by atoms with van der Waals surface area (Å²) in [6, 6.07) is 5.56. The Bertz CT molecular complexity index is 409. The predicted octanol–water partition coefficient (Wildman–Crippen LogP) is 2.25. The van der Waals surface area contributed by atoms with Crippen LogP contribution >= 0.6 is 12.4 Å². The molecule has 2 rings (SSSR count). The van der Waals surface area contributed by atoms with Gasteiger partial charge in [-0.2, -0.15) is 0 Å². The number of nitrogens with zero attached hydrogens (tertiary/aromatic N) is 1. The van der Waals surface area contributed by atoms with E-state index in [1.54, 1.807) is 13.2 Å². The number of halogens is 1. The minimum Gasteiger partial charge on any atom is -0.504 e. The number of piperidine rings is 1. The van der Waals surface area contributed by atoms with Gasteiger partial charge in [-0.25, -0.2) is 0 Å². The van der Waals surface area contributed by atoms with Crippen LogP contribution in [0.3, 0.4) is 0 Å². The van der Waals surface area contributed by atoms with E-state index in [-0.39, 0.29) is 18.2 Å². The lowest BCUT2D eigenvalue weighted by atomic mass is 9.99. The summed E-state index contributed by atoms with van der Waals surface area (Å²) in [5.41, 5.74) is 1.17. The SMILES string of the molecule is COc1cc(CN(C)CC2CCCNC2)ccc1O.Cl. The molecule has 2 N–H and O–H groups in total. The molecule has 1 heterocycles. The first-order chi connectivity index (χ1) is 9.19. The van der Waals surface area contributed by atoms with Gasteiger partial charge < -0.3 is 20.1 Å². The summed E-state index contributed by atoms with van der Waals surface area (Å²) in [4.78, 5) is 2.34. The molecule has 1 aliphatic rings. The van der Waals surface area contributed by atoms with E-state index in [1.807, 2.05) is 12.1 Å². The van der Waals surface area contributed by atoms with E-state index in [9.17, 15) is 5.11 Å². The molecule has 0 radical (unpaired) electrons. The highest BCUT2D eigenvalue weighted by atomic mass is 35.5. The Balaban J connectivity index is 0.00000200. The van der Waals surface area contributed by atoms with E-state index in [0.29, 0.717) is 5.75 Å². The first-order valence-corrected chi connectivity index (χ1v) is 6.94. The van der Waals surface area contributed by atoms with Crippen LogP contribution in [0, 0.1) is 5.92 Å². The first kappa shape index (κ1) is 17.1. The van der Waals surface area contributed by atoms with Crippen molar-refractivity contribution in [3.05, 3.63) is 23.8 Å². The summed E-state index contributed by atoms with van der Waals surface area (Å²) in [6.45, 7) is 4.28. The normalized spacial score (nSPS) is 18.6. The van der Waals surface area contributed by atoms with Crippen molar-refractivity contribution in [3.8, 4) is 11.5 Å². The topological polar surface area (TPSA) is 44.7 Å². The van der Waals surface area contributed by atoms with Gasteiger partial charge >= 0.3 is 0 Å². The van der Waals surface area contributed by atoms with Crippen LogP contribution in [0.4, 0.5) is 0 Å². The highest BCUT2D eigenvalue weighted by Crippen LogP contribution is 2.26. The number of methoxy groups -OCH3 is 1. The molecule has 0 saturated carbocycles. The van der Waals surface area contributed by atoms with Crippen molar-refractivity contribution in [1.82, 2.24) is 10.2 Å². The fourth-order valence-corrected chi connectivity index (χ4v) is 2.72. The average molecular weight is 301 g/mol. The zero-order valence-electron chi connectivity index (χ0n) is 12.3. The number of benzene rings is 1. The number of nitrogens with one attached hydrogen (secondary N) is 1. The Morgan fingerprint density at radius 3 is 2.90 bits per heavy atom. The summed E-state index contributed by atoms with van der Waals surface area (Å²) < 4.78 is 5.14. The first-order valence-electron chi connectivity index (χ1n) is 6.94. The van der Waals surface area contributed by atoms with E-state index >= 15 is 0 Å². The molecule has 0 aliphatic carbocycles. The standard InChI is InChI=1S/C15H24N2O2.ClH/c1-17(11-13-4-3-7-16-9-13)10-12-5-6-14(18)15(8-12)19-2;/h5-6,8,13,16,18H,3-4,7,9-11H2,1-2H3;1H. The molecule has 1 saturated heterocycles. The van der Waals surface area contributed by atoms with Crippen molar-refractivity contribution in [2.45, 2.75) is 19.4 Å². The van der Waals surface area contributed by atoms with Crippen molar-refractivity contribution in [2.24, 2.45) is 5.92 Å². The molecule has 114 valence electrons. The molecule has 4 nitrogen and oxygen atoms in total. The van der Waals surface area contributed by atoms with Crippen molar-refractivity contribution >= 4 is 12.4 Å². The number of hydrogen-bond donors (Lipinski definition) is 2. The lowest BCUT2D eigenvalue weighted by molar-refractivity contribution is 0.237. The third kappa shape index (κ3) is 4.85. The monoisotopic (exact) mass is 300 g/mol. The lowest BCUT2D eigenvalue weighted by Crippen LogP contribution is -2.36. The van der Waals surface area contributed by atoms with Crippen LogP contribution in [-0.2, 0) is 6.54 Å². The van der Waals surface area contributed by atoms with E-state index in [4.69, 9.17) is 4.74 Å². The highest BCUT2D eigenvalue weighted by Gasteiger charge is 2.15. The maximum absolute atomic E-state index is 9.58. The molecule has 1 unspecified atom stereocenters. The number of phenols is 1. The second kappa shape index (κ2) is 8.35. The molecule has 0 amide bonds. The molecular formula is C15H25ClN2O2. The Morgan fingerprint density at radius 1 is 1.45 bits per heavy atom. The summed E-state index contributed by atoms with van der Waals surface area (Å²) in [5, 5.41) is 13.0.